The number of Topliss-reactive ketones (excluding diaryl/α,β-unsaturated/α-hetero) is 1. The van der Waals surface area contributed by atoms with E-state index in [1.54, 1.807) is 66.8 Å². The number of aliphatic hydroxyl groups is 1. The summed E-state index contributed by atoms with van der Waals surface area (Å²) in [4.78, 5) is 35.8. The van der Waals surface area contributed by atoms with Crippen molar-refractivity contribution in [3.05, 3.63) is 58.5 Å². The number of ketones is 1. The van der Waals surface area contributed by atoms with Crippen LogP contribution in [0.3, 0.4) is 0 Å². The molecule has 10 nitrogen and oxygen atoms in total. The molecule has 256 valence electrons. The Morgan fingerprint density at radius 2 is 1.81 bits per heavy atom. The number of fused-ring (bicyclic) bond motifs is 2. The molecule has 0 spiro atoms. The fourth-order valence-corrected chi connectivity index (χ4v) is 6.31. The number of rotatable bonds is 8. The number of alkyl halides is 3. The van der Waals surface area contributed by atoms with Crippen molar-refractivity contribution < 1.29 is 41.5 Å². The molecule has 0 bridgehead atoms. The number of nitrogens with one attached hydrogen (secondary N) is 1. The van der Waals surface area contributed by atoms with Crippen LogP contribution in [0.1, 0.15) is 82.9 Å². The molecule has 3 atom stereocenters. The second-order valence-electron chi connectivity index (χ2n) is 13.6. The zero-order valence-electron chi connectivity index (χ0n) is 27.3. The van der Waals surface area contributed by atoms with Gasteiger partial charge in [-0.05, 0) is 79.2 Å². The average molecular weight is 699 g/mol. The molecule has 3 aromatic rings. The van der Waals surface area contributed by atoms with E-state index in [4.69, 9.17) is 21.1 Å². The van der Waals surface area contributed by atoms with E-state index < -0.39 is 74.2 Å². The van der Waals surface area contributed by atoms with Gasteiger partial charge in [0.2, 0.25) is 5.60 Å². The maximum absolute atomic E-state index is 14.8. The lowest BCUT2D eigenvalue weighted by Crippen LogP contribution is -2.50. The van der Waals surface area contributed by atoms with Crippen LogP contribution in [0.2, 0.25) is 5.15 Å². The third kappa shape index (κ3) is 7.40. The number of carbonyl (C=O) groups excluding carboxylic acids is 2. The van der Waals surface area contributed by atoms with Crippen LogP contribution in [0.4, 0.5) is 23.7 Å². The standard InChI is InChI=1S/C32H38ClF3N4O6S/c1-28(2,3)46-27(42)40-17-30(7,39-47(44)29(4,5)6)20-16-23(38-26(33)25(20)40)31(43,32(34,35)36)12-11-21(41)19-14-18-10-9-13-37-24(18)22(15-19)45-8/h9-10,13-16,39,43H,11-12,17H2,1-8H3/t30-,31-,47?/m1/s1. The summed E-state index contributed by atoms with van der Waals surface area (Å²) in [5.41, 5.74) is -6.33. The van der Waals surface area contributed by atoms with Crippen molar-refractivity contribution >= 4 is 51.1 Å². The van der Waals surface area contributed by atoms with Crippen LogP contribution in [0.15, 0.2) is 36.5 Å². The van der Waals surface area contributed by atoms with E-state index in [1.165, 1.54) is 19.2 Å². The quantitative estimate of drug-likeness (QED) is 0.196. The topological polar surface area (TPSA) is 131 Å². The molecule has 3 heterocycles. The van der Waals surface area contributed by atoms with Gasteiger partial charge in [-0.15, -0.1) is 0 Å². The number of carbonyl (C=O) groups is 2. The Bertz CT molecular complexity index is 1740. The maximum Gasteiger partial charge on any atom is 0.422 e. The molecule has 1 amide bonds. The minimum Gasteiger partial charge on any atom is -0.494 e. The Morgan fingerprint density at radius 3 is 2.38 bits per heavy atom. The highest BCUT2D eigenvalue weighted by Crippen LogP contribution is 2.49. The summed E-state index contributed by atoms with van der Waals surface area (Å²) in [6, 6.07) is 7.18. The normalized spacial score (nSPS) is 18.9. The van der Waals surface area contributed by atoms with E-state index in [-0.39, 0.29) is 29.1 Å². The van der Waals surface area contributed by atoms with Crippen molar-refractivity contribution in [3.8, 4) is 5.75 Å². The first-order valence-corrected chi connectivity index (χ1v) is 16.2. The molecule has 15 heteroatoms. The van der Waals surface area contributed by atoms with E-state index in [0.717, 1.165) is 11.0 Å². The summed E-state index contributed by atoms with van der Waals surface area (Å²) in [6.07, 6.45) is -6.43. The van der Waals surface area contributed by atoms with Crippen LogP contribution >= 0.6 is 11.6 Å². The lowest BCUT2D eigenvalue weighted by Gasteiger charge is -2.32. The highest BCUT2D eigenvalue weighted by atomic mass is 35.5. The number of anilines is 1. The Kier molecular flexibility index (Phi) is 9.79. The summed E-state index contributed by atoms with van der Waals surface area (Å²) in [5.74, 6) is -0.425. The first-order valence-electron chi connectivity index (χ1n) is 14.7. The zero-order valence-corrected chi connectivity index (χ0v) is 28.9. The predicted octanol–water partition coefficient (Wildman–Crippen LogP) is 6.73. The molecular formula is C32H38ClF3N4O6S. The van der Waals surface area contributed by atoms with Crippen molar-refractivity contribution in [1.82, 2.24) is 14.7 Å². The largest absolute Gasteiger partial charge is 0.494 e. The number of aromatic nitrogens is 2. The van der Waals surface area contributed by atoms with Gasteiger partial charge in [0.15, 0.2) is 10.9 Å². The minimum atomic E-state index is -5.30. The fourth-order valence-electron chi connectivity index (χ4n) is 5.12. The highest BCUT2D eigenvalue weighted by molar-refractivity contribution is 7.84. The summed E-state index contributed by atoms with van der Waals surface area (Å²) in [7, 11) is -0.371. The highest BCUT2D eigenvalue weighted by Gasteiger charge is 2.57. The van der Waals surface area contributed by atoms with Gasteiger partial charge in [-0.1, -0.05) is 17.7 Å². The van der Waals surface area contributed by atoms with Crippen LogP contribution in [-0.4, -0.2) is 61.3 Å². The molecule has 1 unspecified atom stereocenters. The van der Waals surface area contributed by atoms with E-state index in [2.05, 4.69) is 14.7 Å². The van der Waals surface area contributed by atoms with Gasteiger partial charge in [-0.25, -0.2) is 18.7 Å². The van der Waals surface area contributed by atoms with Crippen molar-refractivity contribution in [2.45, 2.75) is 89.0 Å². The van der Waals surface area contributed by atoms with E-state index in [0.29, 0.717) is 10.9 Å². The third-order valence-electron chi connectivity index (χ3n) is 7.60. The van der Waals surface area contributed by atoms with Crippen molar-refractivity contribution in [2.75, 3.05) is 18.6 Å². The maximum atomic E-state index is 14.8. The minimum absolute atomic E-state index is 0.0386. The van der Waals surface area contributed by atoms with Gasteiger partial charge >= 0.3 is 12.3 Å². The molecule has 0 radical (unpaired) electrons. The second kappa shape index (κ2) is 12.6. The molecule has 0 aliphatic carbocycles. The van der Waals surface area contributed by atoms with Gasteiger partial charge in [-0.2, -0.15) is 13.2 Å². The number of ether oxygens (including phenoxy) is 2. The molecule has 0 saturated carbocycles. The number of amides is 1. The van der Waals surface area contributed by atoms with Crippen LogP contribution in [-0.2, 0) is 26.9 Å². The molecule has 1 aliphatic heterocycles. The first-order chi connectivity index (χ1) is 21.5. The molecule has 4 rings (SSSR count). The van der Waals surface area contributed by atoms with Crippen molar-refractivity contribution in [1.29, 1.82) is 0 Å². The Morgan fingerprint density at radius 1 is 1.15 bits per heavy atom. The summed E-state index contributed by atoms with van der Waals surface area (Å²) in [6.45, 7) is 11.4. The molecule has 0 fully saturated rings. The third-order valence-corrected chi connectivity index (χ3v) is 9.61. The van der Waals surface area contributed by atoms with Crippen LogP contribution in [0, 0.1) is 0 Å². The molecule has 2 aromatic heterocycles. The molecular weight excluding hydrogens is 661 g/mol. The number of hydrogen-bond donors (Lipinski definition) is 2. The lowest BCUT2D eigenvalue weighted by atomic mass is 9.87. The number of methoxy groups -OCH3 is 1. The number of halogens is 4. The van der Waals surface area contributed by atoms with Crippen LogP contribution in [0.5, 0.6) is 5.75 Å². The Hall–Kier alpha value is -3.33. The van der Waals surface area contributed by atoms with Gasteiger partial charge in [0.1, 0.15) is 16.9 Å². The zero-order chi connectivity index (χ0) is 35.3. The predicted molar refractivity (Wildman–Crippen MR) is 173 cm³/mol. The van der Waals surface area contributed by atoms with E-state index >= 15 is 0 Å². The second-order valence-corrected chi connectivity index (χ2v) is 15.9. The Labute approximate surface area is 278 Å². The molecule has 2 N–H and O–H groups in total. The monoisotopic (exact) mass is 698 g/mol. The van der Waals surface area contributed by atoms with Crippen molar-refractivity contribution in [2.24, 2.45) is 0 Å². The fraction of sp³-hybridized carbons (Fsp3) is 0.500. The van der Waals surface area contributed by atoms with Crippen LogP contribution < -0.4 is 14.4 Å². The summed E-state index contributed by atoms with van der Waals surface area (Å²) in [5, 5.41) is 11.4. The smallest absolute Gasteiger partial charge is 0.422 e. The molecule has 47 heavy (non-hydrogen) atoms. The molecule has 1 aliphatic rings. The average Bonchev–Trinajstić information content (AvgIpc) is 3.25. The van der Waals surface area contributed by atoms with E-state index in [1.807, 2.05) is 0 Å². The van der Waals surface area contributed by atoms with Gasteiger partial charge in [-0.3, -0.25) is 14.7 Å². The number of nitrogens with zero attached hydrogens (tertiary/aromatic N) is 3. The van der Waals surface area contributed by atoms with E-state index in [9.17, 15) is 32.1 Å². The first kappa shape index (κ1) is 36.5. The number of benzene rings is 1. The number of pyridine rings is 2. The van der Waals surface area contributed by atoms with Crippen molar-refractivity contribution in [3.63, 3.8) is 0 Å². The molecule has 1 aromatic carbocycles. The van der Waals surface area contributed by atoms with Gasteiger partial charge in [0.05, 0.1) is 46.3 Å². The Balaban J connectivity index is 1.78. The van der Waals surface area contributed by atoms with Crippen LogP contribution in [0.25, 0.3) is 10.9 Å². The lowest BCUT2D eigenvalue weighted by molar-refractivity contribution is -0.270. The van der Waals surface area contributed by atoms with Gasteiger partial charge < -0.3 is 14.6 Å². The summed E-state index contributed by atoms with van der Waals surface area (Å²) >= 11 is 6.51. The van der Waals surface area contributed by atoms with Gasteiger partial charge in [0, 0.05) is 29.1 Å². The SMILES string of the molecule is COc1cc(C(=O)CC[C@@](O)(c2cc3c(c(Cl)n2)N(C(=O)OC(C)(C)C)C[C@@]3(C)NS(=O)C(C)(C)C)C(F)(F)F)cc2cccnc12. The number of hydrogen-bond acceptors (Lipinski definition) is 8. The molecule has 0 saturated heterocycles. The summed E-state index contributed by atoms with van der Waals surface area (Å²) < 4.78 is 70.6. The van der Waals surface area contributed by atoms with Gasteiger partial charge in [0.25, 0.3) is 0 Å².